The number of fused-ring (bicyclic) bond motifs is 2. The van der Waals surface area contributed by atoms with Gasteiger partial charge in [0.1, 0.15) is 5.15 Å². The number of hydrogen-bond acceptors (Lipinski definition) is 6. The van der Waals surface area contributed by atoms with Crippen molar-refractivity contribution in [2.75, 3.05) is 0 Å². The van der Waals surface area contributed by atoms with Crippen LogP contribution in [0.25, 0.3) is 16.7 Å². The van der Waals surface area contributed by atoms with Crippen molar-refractivity contribution in [2.24, 2.45) is 4.99 Å². The fourth-order valence-corrected chi connectivity index (χ4v) is 4.39. The maximum absolute atomic E-state index is 5.55. The lowest BCUT2D eigenvalue weighted by Crippen LogP contribution is -2.02. The molecule has 1 aliphatic heterocycles. The van der Waals surface area contributed by atoms with Gasteiger partial charge in [-0.1, -0.05) is 69.4 Å². The Kier molecular flexibility index (Phi) is 9.49. The first-order valence-corrected chi connectivity index (χ1v) is 13.6. The highest BCUT2D eigenvalue weighted by Gasteiger charge is 2.07. The van der Waals surface area contributed by atoms with Crippen LogP contribution in [0.1, 0.15) is 36.4 Å². The quantitative estimate of drug-likeness (QED) is 0.208. The highest BCUT2D eigenvalue weighted by atomic mass is 79.9. The summed E-state index contributed by atoms with van der Waals surface area (Å²) in [7, 11) is 0. The zero-order valence-electron chi connectivity index (χ0n) is 20.3. The van der Waals surface area contributed by atoms with Crippen molar-refractivity contribution in [2.45, 2.75) is 33.2 Å². The molecule has 0 amide bonds. The molecule has 0 atom stereocenters. The van der Waals surface area contributed by atoms with Crippen LogP contribution >= 0.6 is 43.5 Å². The SMILES string of the molecule is Brc1ccc2c(c1)CN=C2.CCc1cncc(-n2ncc3ccc(Br)cc32)n1.CCc1cncc(Cl)n1. The molecule has 1 aliphatic rings. The molecule has 0 saturated heterocycles. The molecule has 0 bridgehead atoms. The summed E-state index contributed by atoms with van der Waals surface area (Å²) in [6.07, 6.45) is 12.3. The third-order valence-corrected chi connectivity index (χ3v) is 6.57. The topological polar surface area (TPSA) is 81.7 Å². The molecule has 0 saturated carbocycles. The predicted octanol–water partition coefficient (Wildman–Crippen LogP) is 7.21. The molecule has 3 aromatic heterocycles. The van der Waals surface area contributed by atoms with E-state index in [-0.39, 0.29) is 0 Å². The van der Waals surface area contributed by atoms with Crippen molar-refractivity contribution in [1.82, 2.24) is 29.7 Å². The van der Waals surface area contributed by atoms with Crippen LogP contribution in [-0.4, -0.2) is 35.9 Å². The van der Waals surface area contributed by atoms with Crippen molar-refractivity contribution >= 4 is 60.6 Å². The fraction of sp³-hybridized carbons (Fsp3) is 0.185. The second-order valence-electron chi connectivity index (χ2n) is 7.98. The van der Waals surface area contributed by atoms with Crippen molar-refractivity contribution < 1.29 is 0 Å². The molecule has 188 valence electrons. The van der Waals surface area contributed by atoms with Gasteiger partial charge in [-0.3, -0.25) is 15.0 Å². The second kappa shape index (κ2) is 13.0. The summed E-state index contributed by atoms with van der Waals surface area (Å²) >= 11 is 12.4. The minimum absolute atomic E-state index is 0.467. The number of nitrogens with zero attached hydrogens (tertiary/aromatic N) is 7. The largest absolute Gasteiger partial charge is 0.288 e. The highest BCUT2D eigenvalue weighted by Crippen LogP contribution is 2.22. The summed E-state index contributed by atoms with van der Waals surface area (Å²) in [5.74, 6) is 0.752. The number of aliphatic imine (C=N–C) groups is 1. The van der Waals surface area contributed by atoms with Gasteiger partial charge >= 0.3 is 0 Å². The zero-order chi connectivity index (χ0) is 26.2. The number of benzene rings is 2. The Balaban J connectivity index is 0.000000143. The number of rotatable bonds is 3. The molecule has 6 rings (SSSR count). The van der Waals surface area contributed by atoms with Gasteiger partial charge in [0, 0.05) is 32.9 Å². The van der Waals surface area contributed by atoms with Crippen molar-refractivity contribution in [1.29, 1.82) is 0 Å². The lowest BCUT2D eigenvalue weighted by Gasteiger charge is -2.04. The summed E-state index contributed by atoms with van der Waals surface area (Å²) in [6.45, 7) is 4.92. The molecule has 0 aliphatic carbocycles. The molecule has 4 heterocycles. The average molecular weight is 642 g/mol. The van der Waals surface area contributed by atoms with Crippen LogP contribution in [-0.2, 0) is 19.4 Å². The lowest BCUT2D eigenvalue weighted by atomic mass is 10.1. The lowest BCUT2D eigenvalue weighted by molar-refractivity contribution is 0.842. The molecular formula is C27H24Br2ClN7. The van der Waals surface area contributed by atoms with E-state index < -0.39 is 0 Å². The summed E-state index contributed by atoms with van der Waals surface area (Å²) < 4.78 is 3.97. The van der Waals surface area contributed by atoms with Gasteiger partial charge in [0.05, 0.1) is 42.0 Å². The smallest absolute Gasteiger partial charge is 0.172 e. The molecule has 0 fully saturated rings. The third kappa shape index (κ3) is 7.28. The van der Waals surface area contributed by atoms with E-state index in [1.54, 1.807) is 18.6 Å². The van der Waals surface area contributed by atoms with Crippen LogP contribution < -0.4 is 0 Å². The molecule has 0 radical (unpaired) electrons. The van der Waals surface area contributed by atoms with E-state index in [0.717, 1.165) is 56.4 Å². The molecule has 0 unspecified atom stereocenters. The van der Waals surface area contributed by atoms with Crippen LogP contribution in [0.2, 0.25) is 5.15 Å². The van der Waals surface area contributed by atoms with Gasteiger partial charge in [-0.25, -0.2) is 14.6 Å². The van der Waals surface area contributed by atoms with Gasteiger partial charge in [0.25, 0.3) is 0 Å². The Labute approximate surface area is 237 Å². The van der Waals surface area contributed by atoms with E-state index >= 15 is 0 Å². The zero-order valence-corrected chi connectivity index (χ0v) is 24.2. The average Bonchev–Trinajstić information content (AvgIpc) is 3.56. The Morgan fingerprint density at radius 3 is 2.27 bits per heavy atom. The number of halogens is 3. The summed E-state index contributed by atoms with van der Waals surface area (Å²) in [5, 5.41) is 5.93. The third-order valence-electron chi connectivity index (χ3n) is 5.40. The van der Waals surface area contributed by atoms with Crippen LogP contribution in [0, 0.1) is 0 Å². The van der Waals surface area contributed by atoms with Gasteiger partial charge in [0.2, 0.25) is 0 Å². The van der Waals surface area contributed by atoms with Gasteiger partial charge in [-0.05, 0) is 48.2 Å². The molecule has 0 N–H and O–H groups in total. The van der Waals surface area contributed by atoms with E-state index in [2.05, 4.69) is 80.9 Å². The summed E-state index contributed by atoms with van der Waals surface area (Å²) in [4.78, 5) is 20.7. The van der Waals surface area contributed by atoms with Crippen molar-refractivity contribution in [3.05, 3.63) is 104 Å². The minimum Gasteiger partial charge on any atom is -0.288 e. The summed E-state index contributed by atoms with van der Waals surface area (Å²) in [6, 6.07) is 12.3. The molecule has 2 aromatic carbocycles. The van der Waals surface area contributed by atoms with E-state index in [4.69, 9.17) is 11.6 Å². The first-order chi connectivity index (χ1) is 18.0. The first-order valence-electron chi connectivity index (χ1n) is 11.7. The Bertz CT molecular complexity index is 1530. The van der Waals surface area contributed by atoms with Crippen LogP contribution in [0.3, 0.4) is 0 Å². The van der Waals surface area contributed by atoms with Gasteiger partial charge < -0.3 is 0 Å². The predicted molar refractivity (Wildman–Crippen MR) is 156 cm³/mol. The van der Waals surface area contributed by atoms with Crippen molar-refractivity contribution in [3.8, 4) is 5.82 Å². The maximum Gasteiger partial charge on any atom is 0.172 e. The van der Waals surface area contributed by atoms with E-state index in [1.807, 2.05) is 48.3 Å². The number of hydrogen-bond donors (Lipinski definition) is 0. The van der Waals surface area contributed by atoms with Crippen LogP contribution in [0.4, 0.5) is 0 Å². The van der Waals surface area contributed by atoms with Crippen LogP contribution in [0.15, 0.2) is 81.3 Å². The second-order valence-corrected chi connectivity index (χ2v) is 10.2. The van der Waals surface area contributed by atoms with Gasteiger partial charge in [0.15, 0.2) is 5.82 Å². The summed E-state index contributed by atoms with van der Waals surface area (Å²) in [5.41, 5.74) is 5.48. The first kappa shape index (κ1) is 27.0. The van der Waals surface area contributed by atoms with Crippen LogP contribution in [0.5, 0.6) is 0 Å². The molecule has 0 spiro atoms. The Hall–Kier alpha value is -3.01. The minimum atomic E-state index is 0.467. The monoisotopic (exact) mass is 639 g/mol. The fourth-order valence-electron chi connectivity index (χ4n) is 3.47. The van der Waals surface area contributed by atoms with Gasteiger partial charge in [-0.2, -0.15) is 5.10 Å². The molecule has 7 nitrogen and oxygen atoms in total. The normalized spacial score (nSPS) is 11.4. The highest BCUT2D eigenvalue weighted by molar-refractivity contribution is 9.10. The Morgan fingerprint density at radius 1 is 0.838 bits per heavy atom. The van der Waals surface area contributed by atoms with E-state index in [1.165, 1.54) is 17.3 Å². The van der Waals surface area contributed by atoms with E-state index in [0.29, 0.717) is 5.15 Å². The molecule has 5 aromatic rings. The molecule has 10 heteroatoms. The molecule has 37 heavy (non-hydrogen) atoms. The molecular weight excluding hydrogens is 618 g/mol. The number of aromatic nitrogens is 6. The Morgan fingerprint density at radius 2 is 1.54 bits per heavy atom. The van der Waals surface area contributed by atoms with Crippen molar-refractivity contribution in [3.63, 3.8) is 0 Å². The van der Waals surface area contributed by atoms with E-state index in [9.17, 15) is 0 Å². The number of aryl methyl sites for hydroxylation is 2. The van der Waals surface area contributed by atoms with Gasteiger partial charge in [-0.15, -0.1) is 0 Å². The maximum atomic E-state index is 5.55. The standard InChI is InChI=1S/C13H11BrN4.C8H6BrN.C6H7ClN2/c1-2-11-7-15-8-13(17-11)18-12-5-10(14)4-3-9(12)6-16-18;9-8-2-1-6-4-10-5-7(6)3-8;1-2-5-3-8-4-6(7)9-5/h3-8H,2H2,1H3;1-4H,5H2;3-4H,2H2,1H3.